The lowest BCUT2D eigenvalue weighted by atomic mass is 10.2. The number of pyridine rings is 1. The maximum atomic E-state index is 5.49. The number of furan rings is 1. The van der Waals surface area contributed by atoms with Gasteiger partial charge in [-0.25, -0.2) is 9.97 Å². The normalized spacial score (nSPS) is 11.1. The average Bonchev–Trinajstić information content (AvgIpc) is 3.20. The first kappa shape index (κ1) is 14.4. The van der Waals surface area contributed by atoms with Crippen molar-refractivity contribution in [3.63, 3.8) is 0 Å². The first-order chi connectivity index (χ1) is 11.7. The van der Waals surface area contributed by atoms with Crippen LogP contribution < -0.4 is 5.32 Å². The fraction of sp³-hybridized carbons (Fsp3) is 0.167. The van der Waals surface area contributed by atoms with E-state index in [4.69, 9.17) is 4.42 Å². The van der Waals surface area contributed by atoms with Crippen molar-refractivity contribution in [2.24, 2.45) is 0 Å². The fourth-order valence-corrected chi connectivity index (χ4v) is 2.89. The maximum absolute atomic E-state index is 5.49. The van der Waals surface area contributed by atoms with E-state index >= 15 is 0 Å². The van der Waals surface area contributed by atoms with Gasteiger partial charge >= 0.3 is 0 Å². The van der Waals surface area contributed by atoms with E-state index in [9.17, 15) is 0 Å². The highest BCUT2D eigenvalue weighted by molar-refractivity contribution is 5.93. The van der Waals surface area contributed by atoms with Crippen LogP contribution in [0.3, 0.4) is 0 Å². The van der Waals surface area contributed by atoms with Crippen molar-refractivity contribution >= 4 is 22.5 Å². The molecule has 6 nitrogen and oxygen atoms in total. The summed E-state index contributed by atoms with van der Waals surface area (Å²) in [6.07, 6.45) is 6.79. The summed E-state index contributed by atoms with van der Waals surface area (Å²) >= 11 is 0. The molecule has 120 valence electrons. The Bertz CT molecular complexity index is 974. The molecule has 0 fully saturated rings. The molecule has 4 heterocycles. The van der Waals surface area contributed by atoms with Gasteiger partial charge in [0.2, 0.25) is 0 Å². The second-order valence-corrected chi connectivity index (χ2v) is 5.66. The van der Waals surface area contributed by atoms with Gasteiger partial charge in [0.05, 0.1) is 30.1 Å². The Morgan fingerprint density at radius 3 is 2.83 bits per heavy atom. The summed E-state index contributed by atoms with van der Waals surface area (Å²) in [7, 11) is 0. The van der Waals surface area contributed by atoms with Gasteiger partial charge in [-0.3, -0.25) is 4.98 Å². The lowest BCUT2D eigenvalue weighted by Crippen LogP contribution is -2.02. The lowest BCUT2D eigenvalue weighted by Gasteiger charge is -2.07. The van der Waals surface area contributed by atoms with Gasteiger partial charge in [-0.15, -0.1) is 0 Å². The van der Waals surface area contributed by atoms with Crippen LogP contribution in [0.4, 0.5) is 11.5 Å². The fourth-order valence-electron chi connectivity index (χ4n) is 2.89. The van der Waals surface area contributed by atoms with Gasteiger partial charge in [-0.2, -0.15) is 0 Å². The predicted molar refractivity (Wildman–Crippen MR) is 92.3 cm³/mol. The number of anilines is 2. The largest absolute Gasteiger partial charge is 0.467 e. The monoisotopic (exact) mass is 319 g/mol. The van der Waals surface area contributed by atoms with Crippen LogP contribution in [0.1, 0.15) is 17.0 Å². The number of rotatable bonds is 4. The van der Waals surface area contributed by atoms with E-state index in [-0.39, 0.29) is 0 Å². The number of hydrogen-bond acceptors (Lipinski definition) is 5. The number of nitrogens with one attached hydrogen (secondary N) is 1. The molecule has 0 spiro atoms. The van der Waals surface area contributed by atoms with Crippen molar-refractivity contribution in [3.05, 3.63) is 66.3 Å². The van der Waals surface area contributed by atoms with Crippen molar-refractivity contribution in [2.75, 3.05) is 5.32 Å². The zero-order chi connectivity index (χ0) is 16.5. The summed E-state index contributed by atoms with van der Waals surface area (Å²) in [6, 6.07) is 7.72. The van der Waals surface area contributed by atoms with E-state index in [1.807, 2.05) is 24.3 Å². The van der Waals surface area contributed by atoms with Crippen molar-refractivity contribution in [1.82, 2.24) is 19.5 Å². The smallest absolute Gasteiger partial charge is 0.146 e. The van der Waals surface area contributed by atoms with Gasteiger partial charge in [0.15, 0.2) is 0 Å². The summed E-state index contributed by atoms with van der Waals surface area (Å²) in [5.41, 5.74) is 4.09. The molecule has 0 aliphatic rings. The number of fused-ring (bicyclic) bond motifs is 1. The Hall–Kier alpha value is -3.15. The third-order valence-corrected chi connectivity index (χ3v) is 4.22. The highest BCUT2D eigenvalue weighted by Crippen LogP contribution is 2.30. The van der Waals surface area contributed by atoms with Gasteiger partial charge in [-0.1, -0.05) is 0 Å². The van der Waals surface area contributed by atoms with E-state index in [2.05, 4.69) is 38.7 Å². The lowest BCUT2D eigenvalue weighted by molar-refractivity contribution is 0.494. The Morgan fingerprint density at radius 2 is 2.08 bits per heavy atom. The minimum Gasteiger partial charge on any atom is -0.467 e. The molecule has 4 aromatic rings. The number of aromatic nitrogens is 4. The van der Waals surface area contributed by atoms with E-state index < -0.39 is 0 Å². The molecule has 0 unspecified atom stereocenters. The van der Waals surface area contributed by atoms with Crippen molar-refractivity contribution in [1.29, 1.82) is 0 Å². The standard InChI is InChI=1S/C18H17N5O/c1-12-13(2)23(10-15-6-4-8-24-15)18-16(12)17(20-11-21-18)22-14-5-3-7-19-9-14/h3-9,11H,10H2,1-2H3,(H,20,21,22). The number of nitrogens with zero attached hydrogens (tertiary/aromatic N) is 4. The minimum atomic E-state index is 0.645. The second kappa shape index (κ2) is 5.81. The minimum absolute atomic E-state index is 0.645. The first-order valence-electron chi connectivity index (χ1n) is 7.74. The number of hydrogen-bond donors (Lipinski definition) is 1. The van der Waals surface area contributed by atoms with Crippen LogP contribution in [0.2, 0.25) is 0 Å². The Morgan fingerprint density at radius 1 is 1.17 bits per heavy atom. The molecule has 0 atom stereocenters. The van der Waals surface area contributed by atoms with Crippen LogP contribution in [0.25, 0.3) is 11.0 Å². The van der Waals surface area contributed by atoms with Gasteiger partial charge in [-0.05, 0) is 43.7 Å². The molecule has 0 aromatic carbocycles. The van der Waals surface area contributed by atoms with Crippen LogP contribution in [0, 0.1) is 13.8 Å². The van der Waals surface area contributed by atoms with Crippen molar-refractivity contribution in [3.8, 4) is 0 Å². The highest BCUT2D eigenvalue weighted by atomic mass is 16.3. The molecule has 0 bridgehead atoms. The van der Waals surface area contributed by atoms with Crippen LogP contribution >= 0.6 is 0 Å². The molecule has 0 aliphatic carbocycles. The molecule has 0 saturated heterocycles. The quantitative estimate of drug-likeness (QED) is 0.619. The summed E-state index contributed by atoms with van der Waals surface area (Å²) in [4.78, 5) is 13.1. The topological polar surface area (TPSA) is 68.8 Å². The molecule has 1 N–H and O–H groups in total. The third kappa shape index (κ3) is 2.42. The van der Waals surface area contributed by atoms with Crippen LogP contribution in [0.15, 0.2) is 53.7 Å². The zero-order valence-corrected chi connectivity index (χ0v) is 13.5. The first-order valence-corrected chi connectivity index (χ1v) is 7.74. The molecule has 0 aliphatic heterocycles. The SMILES string of the molecule is Cc1c(C)n(Cc2ccco2)c2ncnc(Nc3cccnc3)c12. The van der Waals surface area contributed by atoms with E-state index in [0.717, 1.165) is 39.6 Å². The zero-order valence-electron chi connectivity index (χ0n) is 13.5. The molecule has 4 aromatic heterocycles. The Balaban J connectivity index is 1.82. The van der Waals surface area contributed by atoms with Crippen molar-refractivity contribution < 1.29 is 4.42 Å². The molecule has 0 amide bonds. The second-order valence-electron chi connectivity index (χ2n) is 5.66. The summed E-state index contributed by atoms with van der Waals surface area (Å²) in [5.74, 6) is 1.68. The molecule has 0 saturated carbocycles. The van der Waals surface area contributed by atoms with E-state index in [1.54, 1.807) is 25.0 Å². The summed E-state index contributed by atoms with van der Waals surface area (Å²) in [6.45, 7) is 4.83. The molecular weight excluding hydrogens is 302 g/mol. The van der Waals surface area contributed by atoms with Gasteiger partial charge in [0.25, 0.3) is 0 Å². The van der Waals surface area contributed by atoms with Crippen LogP contribution in [-0.4, -0.2) is 19.5 Å². The molecule has 6 heteroatoms. The van der Waals surface area contributed by atoms with Gasteiger partial charge in [0.1, 0.15) is 23.6 Å². The van der Waals surface area contributed by atoms with E-state index in [0.29, 0.717) is 6.54 Å². The van der Waals surface area contributed by atoms with Gasteiger partial charge < -0.3 is 14.3 Å². The number of aryl methyl sites for hydroxylation is 1. The van der Waals surface area contributed by atoms with Crippen LogP contribution in [0.5, 0.6) is 0 Å². The Kier molecular flexibility index (Phi) is 3.49. The van der Waals surface area contributed by atoms with Gasteiger partial charge in [0, 0.05) is 11.9 Å². The van der Waals surface area contributed by atoms with E-state index in [1.165, 1.54) is 0 Å². The Labute approximate surface area is 139 Å². The molecular formula is C18H17N5O. The maximum Gasteiger partial charge on any atom is 0.146 e. The molecule has 4 rings (SSSR count). The molecule has 0 radical (unpaired) electrons. The van der Waals surface area contributed by atoms with Crippen molar-refractivity contribution in [2.45, 2.75) is 20.4 Å². The van der Waals surface area contributed by atoms with Crippen LogP contribution in [-0.2, 0) is 6.54 Å². The highest BCUT2D eigenvalue weighted by Gasteiger charge is 2.17. The predicted octanol–water partition coefficient (Wildman–Crippen LogP) is 3.83. The summed E-state index contributed by atoms with van der Waals surface area (Å²) in [5, 5.41) is 4.36. The molecule has 24 heavy (non-hydrogen) atoms. The average molecular weight is 319 g/mol. The third-order valence-electron chi connectivity index (χ3n) is 4.22. The summed E-state index contributed by atoms with van der Waals surface area (Å²) < 4.78 is 7.64.